The van der Waals surface area contributed by atoms with Crippen LogP contribution in [0.25, 0.3) is 11.0 Å². The molecule has 0 saturated carbocycles. The normalized spacial score (nSPS) is 15.9. The van der Waals surface area contributed by atoms with Crippen molar-refractivity contribution in [2.75, 3.05) is 20.2 Å². The van der Waals surface area contributed by atoms with Crippen LogP contribution in [0.4, 0.5) is 0 Å². The lowest BCUT2D eigenvalue weighted by Crippen LogP contribution is -2.46. The van der Waals surface area contributed by atoms with Crippen molar-refractivity contribution >= 4 is 42.8 Å². The second-order valence-electron chi connectivity index (χ2n) is 7.10. The van der Waals surface area contributed by atoms with Gasteiger partial charge in [-0.05, 0) is 65.2 Å². The average molecular weight is 493 g/mol. The van der Waals surface area contributed by atoms with Gasteiger partial charge in [0.15, 0.2) is 5.76 Å². The van der Waals surface area contributed by atoms with Gasteiger partial charge in [0.1, 0.15) is 11.3 Å². The van der Waals surface area contributed by atoms with Crippen molar-refractivity contribution in [3.8, 4) is 5.75 Å². The summed E-state index contributed by atoms with van der Waals surface area (Å²) in [7, 11) is -2.04. The van der Waals surface area contributed by atoms with E-state index < -0.39 is 10.0 Å². The first kappa shape index (κ1) is 20.9. The van der Waals surface area contributed by atoms with E-state index in [0.29, 0.717) is 37.3 Å². The number of methoxy groups -OCH3 is 1. The van der Waals surface area contributed by atoms with Crippen LogP contribution in [0.2, 0.25) is 0 Å². The smallest absolute Gasteiger partial charge is 0.287 e. The van der Waals surface area contributed by atoms with E-state index in [4.69, 9.17) is 9.15 Å². The molecule has 4 rings (SSSR count). The van der Waals surface area contributed by atoms with Gasteiger partial charge in [-0.25, -0.2) is 8.42 Å². The molecule has 0 unspecified atom stereocenters. The molecule has 7 nitrogen and oxygen atoms in total. The van der Waals surface area contributed by atoms with Crippen LogP contribution in [0.15, 0.2) is 62.3 Å². The third-order valence-corrected chi connectivity index (χ3v) is 7.74. The summed E-state index contributed by atoms with van der Waals surface area (Å²) in [6.07, 6.45) is 1.07. The molecule has 3 aromatic rings. The van der Waals surface area contributed by atoms with Crippen LogP contribution in [-0.2, 0) is 10.0 Å². The standard InChI is InChI=1S/C21H21BrN2O5S/c1-28-16-5-7-17(8-6-16)30(26,27)24-11-9-15(10-12-24)23-21(25)19-13-14-3-2-4-18(22)20(14)29-19/h2-8,13,15H,9-12H2,1H3,(H,23,25). The Kier molecular flexibility index (Phi) is 5.86. The van der Waals surface area contributed by atoms with Gasteiger partial charge in [0.05, 0.1) is 16.5 Å². The molecule has 0 atom stereocenters. The number of hydrogen-bond donors (Lipinski definition) is 1. The fourth-order valence-corrected chi connectivity index (χ4v) is 5.47. The third-order valence-electron chi connectivity index (χ3n) is 5.21. The fourth-order valence-electron chi connectivity index (χ4n) is 3.53. The molecule has 1 aliphatic heterocycles. The number of nitrogens with zero attached hydrogens (tertiary/aromatic N) is 1. The Balaban J connectivity index is 1.39. The molecule has 1 N–H and O–H groups in total. The first-order valence-corrected chi connectivity index (χ1v) is 11.7. The maximum absolute atomic E-state index is 12.8. The predicted molar refractivity (Wildman–Crippen MR) is 116 cm³/mol. The van der Waals surface area contributed by atoms with Crippen LogP contribution in [-0.4, -0.2) is 44.9 Å². The number of carbonyl (C=O) groups is 1. The van der Waals surface area contributed by atoms with Crippen LogP contribution in [0, 0.1) is 0 Å². The summed E-state index contributed by atoms with van der Waals surface area (Å²) in [6.45, 7) is 0.677. The van der Waals surface area contributed by atoms with Gasteiger partial charge in [-0.3, -0.25) is 4.79 Å². The second kappa shape index (κ2) is 8.41. The Morgan fingerprint density at radius 3 is 2.50 bits per heavy atom. The van der Waals surface area contributed by atoms with Gasteiger partial charge in [0.25, 0.3) is 5.91 Å². The quantitative estimate of drug-likeness (QED) is 0.585. The summed E-state index contributed by atoms with van der Waals surface area (Å²) in [5.41, 5.74) is 0.628. The van der Waals surface area contributed by atoms with Gasteiger partial charge in [-0.15, -0.1) is 0 Å². The number of para-hydroxylation sites is 1. The van der Waals surface area contributed by atoms with Crippen molar-refractivity contribution in [1.29, 1.82) is 0 Å². The largest absolute Gasteiger partial charge is 0.497 e. The highest BCUT2D eigenvalue weighted by Crippen LogP contribution is 2.27. The maximum Gasteiger partial charge on any atom is 0.287 e. The second-order valence-corrected chi connectivity index (χ2v) is 9.89. The molecule has 0 spiro atoms. The number of fused-ring (bicyclic) bond motifs is 1. The number of ether oxygens (including phenoxy) is 1. The van der Waals surface area contributed by atoms with Gasteiger partial charge in [0.2, 0.25) is 10.0 Å². The predicted octanol–water partition coefficient (Wildman–Crippen LogP) is 3.79. The Bertz CT molecular complexity index is 1170. The van der Waals surface area contributed by atoms with Crippen molar-refractivity contribution in [1.82, 2.24) is 9.62 Å². The topological polar surface area (TPSA) is 88.9 Å². The number of piperidine rings is 1. The number of halogens is 1. The average Bonchev–Trinajstić information content (AvgIpc) is 3.20. The van der Waals surface area contributed by atoms with E-state index in [-0.39, 0.29) is 22.6 Å². The molecule has 9 heteroatoms. The molecule has 158 valence electrons. The SMILES string of the molecule is COc1ccc(S(=O)(=O)N2CCC(NC(=O)c3cc4cccc(Br)c4o3)CC2)cc1. The number of rotatable bonds is 5. The van der Waals surface area contributed by atoms with Gasteiger partial charge < -0.3 is 14.5 Å². The molecule has 1 amide bonds. The Hall–Kier alpha value is -2.36. The number of benzene rings is 2. The van der Waals surface area contributed by atoms with E-state index in [1.807, 2.05) is 18.2 Å². The molecular formula is C21H21BrN2O5S. The molecule has 30 heavy (non-hydrogen) atoms. The highest BCUT2D eigenvalue weighted by Gasteiger charge is 2.30. The van der Waals surface area contributed by atoms with E-state index in [0.717, 1.165) is 9.86 Å². The lowest BCUT2D eigenvalue weighted by Gasteiger charge is -2.31. The number of hydrogen-bond acceptors (Lipinski definition) is 5. The minimum absolute atomic E-state index is 0.114. The van der Waals surface area contributed by atoms with E-state index >= 15 is 0 Å². The zero-order valence-corrected chi connectivity index (χ0v) is 18.7. The van der Waals surface area contributed by atoms with Gasteiger partial charge in [-0.1, -0.05) is 12.1 Å². The minimum Gasteiger partial charge on any atom is -0.497 e. The summed E-state index contributed by atoms with van der Waals surface area (Å²) >= 11 is 3.42. The van der Waals surface area contributed by atoms with E-state index in [2.05, 4.69) is 21.2 Å². The number of furan rings is 1. The van der Waals surface area contributed by atoms with Crippen molar-refractivity contribution in [3.05, 3.63) is 58.8 Å². The molecule has 2 aromatic carbocycles. The minimum atomic E-state index is -3.57. The summed E-state index contributed by atoms with van der Waals surface area (Å²) in [5.74, 6) is 0.549. The van der Waals surface area contributed by atoms with Crippen molar-refractivity contribution in [3.63, 3.8) is 0 Å². The van der Waals surface area contributed by atoms with Crippen LogP contribution in [0.1, 0.15) is 23.4 Å². The van der Waals surface area contributed by atoms with Gasteiger partial charge >= 0.3 is 0 Å². The molecule has 1 aliphatic rings. The Labute approximate surface area is 183 Å². The number of carbonyl (C=O) groups excluding carboxylic acids is 1. The fraction of sp³-hybridized carbons (Fsp3) is 0.286. The molecule has 0 aliphatic carbocycles. The van der Waals surface area contributed by atoms with Gasteiger partial charge in [0, 0.05) is 24.5 Å². The third kappa shape index (κ3) is 4.10. The van der Waals surface area contributed by atoms with E-state index in [9.17, 15) is 13.2 Å². The molecule has 0 radical (unpaired) electrons. The first-order valence-electron chi connectivity index (χ1n) is 9.51. The molecule has 1 saturated heterocycles. The van der Waals surface area contributed by atoms with Crippen LogP contribution in [0.3, 0.4) is 0 Å². The highest BCUT2D eigenvalue weighted by molar-refractivity contribution is 9.10. The van der Waals surface area contributed by atoms with E-state index in [1.54, 1.807) is 30.3 Å². The monoisotopic (exact) mass is 492 g/mol. The zero-order chi connectivity index (χ0) is 21.3. The zero-order valence-electron chi connectivity index (χ0n) is 16.3. The summed E-state index contributed by atoms with van der Waals surface area (Å²) < 4.78 is 38.7. The number of sulfonamides is 1. The Morgan fingerprint density at radius 1 is 1.17 bits per heavy atom. The van der Waals surface area contributed by atoms with Crippen molar-refractivity contribution in [2.24, 2.45) is 0 Å². The molecule has 0 bridgehead atoms. The summed E-state index contributed by atoms with van der Waals surface area (Å²) in [4.78, 5) is 12.8. The Morgan fingerprint density at radius 2 is 1.87 bits per heavy atom. The first-order chi connectivity index (χ1) is 14.4. The van der Waals surface area contributed by atoms with Gasteiger partial charge in [-0.2, -0.15) is 4.31 Å². The number of nitrogens with one attached hydrogen (secondary N) is 1. The highest BCUT2D eigenvalue weighted by atomic mass is 79.9. The van der Waals surface area contributed by atoms with Crippen LogP contribution >= 0.6 is 15.9 Å². The van der Waals surface area contributed by atoms with E-state index in [1.165, 1.54) is 11.4 Å². The van der Waals surface area contributed by atoms with Crippen molar-refractivity contribution < 1.29 is 22.4 Å². The summed E-state index contributed by atoms with van der Waals surface area (Å²) in [6, 6.07) is 13.5. The molecular weight excluding hydrogens is 472 g/mol. The number of amides is 1. The molecule has 1 fully saturated rings. The lowest BCUT2D eigenvalue weighted by molar-refractivity contribution is 0.0898. The molecule has 1 aromatic heterocycles. The maximum atomic E-state index is 12.8. The van der Waals surface area contributed by atoms with Crippen molar-refractivity contribution in [2.45, 2.75) is 23.8 Å². The lowest BCUT2D eigenvalue weighted by atomic mass is 10.1. The molecule has 2 heterocycles. The van der Waals surface area contributed by atoms with Crippen LogP contribution < -0.4 is 10.1 Å². The van der Waals surface area contributed by atoms with Crippen LogP contribution in [0.5, 0.6) is 5.75 Å². The summed E-state index contributed by atoms with van der Waals surface area (Å²) in [5, 5.41) is 3.80.